The number of hydrazine groups is 1. The van der Waals surface area contributed by atoms with Crippen molar-refractivity contribution in [3.8, 4) is 5.75 Å². The molecule has 1 aliphatic rings. The minimum absolute atomic E-state index is 0.382. The molecule has 0 saturated heterocycles. The molecule has 0 spiro atoms. The molecule has 0 amide bonds. The summed E-state index contributed by atoms with van der Waals surface area (Å²) in [5.41, 5.74) is 4.23. The Labute approximate surface area is 103 Å². The Balaban J connectivity index is 1.91. The number of hydrogen-bond acceptors (Lipinski definition) is 3. The smallest absolute Gasteiger partial charge is 0.119 e. The largest absolute Gasteiger partial charge is 0.497 e. The molecular weight excluding hydrogens is 212 g/mol. The van der Waals surface area contributed by atoms with Crippen molar-refractivity contribution in [1.29, 1.82) is 0 Å². The molecule has 94 valence electrons. The fourth-order valence-electron chi connectivity index (χ4n) is 2.43. The Morgan fingerprint density at radius 2 is 2.29 bits per heavy atom. The maximum atomic E-state index is 5.64. The number of ether oxygens (including phenoxy) is 1. The summed E-state index contributed by atoms with van der Waals surface area (Å²) in [6, 6.07) is 8.61. The highest BCUT2D eigenvalue weighted by Crippen LogP contribution is 2.31. The summed E-state index contributed by atoms with van der Waals surface area (Å²) in [4.78, 5) is 0. The number of nitrogens with two attached hydrogens (primary N) is 1. The van der Waals surface area contributed by atoms with Crippen LogP contribution in [0.5, 0.6) is 5.75 Å². The van der Waals surface area contributed by atoms with E-state index < -0.39 is 0 Å². The monoisotopic (exact) mass is 234 g/mol. The van der Waals surface area contributed by atoms with Crippen LogP contribution in [0.1, 0.15) is 31.2 Å². The van der Waals surface area contributed by atoms with Gasteiger partial charge in [0.15, 0.2) is 0 Å². The van der Waals surface area contributed by atoms with Gasteiger partial charge in [-0.1, -0.05) is 31.4 Å². The van der Waals surface area contributed by atoms with E-state index in [4.69, 9.17) is 10.6 Å². The predicted molar refractivity (Wildman–Crippen MR) is 69.8 cm³/mol. The van der Waals surface area contributed by atoms with Gasteiger partial charge in [0.05, 0.1) is 7.11 Å². The summed E-state index contributed by atoms with van der Waals surface area (Å²) >= 11 is 0. The molecule has 0 heterocycles. The van der Waals surface area contributed by atoms with Gasteiger partial charge in [0.25, 0.3) is 0 Å². The van der Waals surface area contributed by atoms with Gasteiger partial charge in [-0.3, -0.25) is 11.3 Å². The van der Waals surface area contributed by atoms with E-state index in [1.807, 2.05) is 12.1 Å². The lowest BCUT2D eigenvalue weighted by Crippen LogP contribution is -2.39. The highest BCUT2D eigenvalue weighted by molar-refractivity contribution is 5.28. The Kier molecular flexibility index (Phi) is 4.40. The number of nitrogens with one attached hydrogen (secondary N) is 1. The molecule has 17 heavy (non-hydrogen) atoms. The molecule has 0 radical (unpaired) electrons. The molecular formula is C14H22N2O. The average molecular weight is 234 g/mol. The molecule has 1 atom stereocenters. The second-order valence-electron chi connectivity index (χ2n) is 4.95. The molecule has 1 saturated carbocycles. The SMILES string of the molecule is COc1cccc(CC(CC2CCC2)NN)c1. The fourth-order valence-corrected chi connectivity index (χ4v) is 2.43. The van der Waals surface area contributed by atoms with Crippen molar-refractivity contribution in [2.75, 3.05) is 7.11 Å². The van der Waals surface area contributed by atoms with Crippen LogP contribution >= 0.6 is 0 Å². The van der Waals surface area contributed by atoms with Crippen molar-refractivity contribution in [1.82, 2.24) is 5.43 Å². The summed E-state index contributed by atoms with van der Waals surface area (Å²) in [6.45, 7) is 0. The molecule has 1 aromatic rings. The first-order valence-corrected chi connectivity index (χ1v) is 6.41. The molecule has 1 aromatic carbocycles. The van der Waals surface area contributed by atoms with Gasteiger partial charge in [-0.2, -0.15) is 0 Å². The molecule has 1 fully saturated rings. The zero-order chi connectivity index (χ0) is 12.1. The van der Waals surface area contributed by atoms with Gasteiger partial charge in [0.1, 0.15) is 5.75 Å². The van der Waals surface area contributed by atoms with Crippen LogP contribution in [0.2, 0.25) is 0 Å². The van der Waals surface area contributed by atoms with E-state index in [1.165, 1.54) is 31.2 Å². The normalized spacial score (nSPS) is 17.5. The van der Waals surface area contributed by atoms with E-state index >= 15 is 0 Å². The second kappa shape index (κ2) is 6.03. The van der Waals surface area contributed by atoms with Gasteiger partial charge in [-0.15, -0.1) is 0 Å². The van der Waals surface area contributed by atoms with Crippen molar-refractivity contribution in [3.63, 3.8) is 0 Å². The summed E-state index contributed by atoms with van der Waals surface area (Å²) in [7, 11) is 1.70. The quantitative estimate of drug-likeness (QED) is 0.586. The van der Waals surface area contributed by atoms with Gasteiger partial charge < -0.3 is 4.74 Å². The van der Waals surface area contributed by atoms with Crippen molar-refractivity contribution in [2.24, 2.45) is 11.8 Å². The second-order valence-corrected chi connectivity index (χ2v) is 4.95. The van der Waals surface area contributed by atoms with Crippen molar-refractivity contribution in [2.45, 2.75) is 38.1 Å². The Morgan fingerprint density at radius 1 is 1.47 bits per heavy atom. The summed E-state index contributed by atoms with van der Waals surface area (Å²) < 4.78 is 5.23. The zero-order valence-electron chi connectivity index (χ0n) is 10.5. The van der Waals surface area contributed by atoms with Crippen molar-refractivity contribution in [3.05, 3.63) is 29.8 Å². The summed E-state index contributed by atoms with van der Waals surface area (Å²) in [5, 5.41) is 0. The molecule has 1 aliphatic carbocycles. The van der Waals surface area contributed by atoms with Gasteiger partial charge in [-0.05, 0) is 36.5 Å². The zero-order valence-corrected chi connectivity index (χ0v) is 10.5. The minimum Gasteiger partial charge on any atom is -0.497 e. The molecule has 0 bridgehead atoms. The van der Waals surface area contributed by atoms with E-state index in [2.05, 4.69) is 17.6 Å². The lowest BCUT2D eigenvalue weighted by Gasteiger charge is -2.29. The highest BCUT2D eigenvalue weighted by Gasteiger charge is 2.21. The standard InChI is InChI=1S/C14H22N2O/c1-17-14-7-3-6-12(10-14)9-13(16-15)8-11-4-2-5-11/h3,6-7,10-11,13,16H,2,4-5,8-9,15H2,1H3. The number of benzene rings is 1. The Morgan fingerprint density at radius 3 is 2.88 bits per heavy atom. The third-order valence-corrected chi connectivity index (χ3v) is 3.69. The van der Waals surface area contributed by atoms with E-state index in [-0.39, 0.29) is 0 Å². The third kappa shape index (κ3) is 3.45. The molecule has 0 aliphatic heterocycles. The van der Waals surface area contributed by atoms with Crippen LogP contribution in [0.4, 0.5) is 0 Å². The maximum absolute atomic E-state index is 5.64. The van der Waals surface area contributed by atoms with Gasteiger partial charge >= 0.3 is 0 Å². The van der Waals surface area contributed by atoms with Crippen LogP contribution in [0.3, 0.4) is 0 Å². The summed E-state index contributed by atoms with van der Waals surface area (Å²) in [5.74, 6) is 7.43. The van der Waals surface area contributed by atoms with Crippen molar-refractivity contribution < 1.29 is 4.74 Å². The molecule has 3 heteroatoms. The fraction of sp³-hybridized carbons (Fsp3) is 0.571. The molecule has 3 nitrogen and oxygen atoms in total. The van der Waals surface area contributed by atoms with Crippen LogP contribution in [0.25, 0.3) is 0 Å². The first kappa shape index (κ1) is 12.4. The van der Waals surface area contributed by atoms with E-state index in [0.29, 0.717) is 6.04 Å². The van der Waals surface area contributed by atoms with Crippen LogP contribution < -0.4 is 16.0 Å². The van der Waals surface area contributed by atoms with Crippen LogP contribution in [0.15, 0.2) is 24.3 Å². The lowest BCUT2D eigenvalue weighted by molar-refractivity contribution is 0.259. The molecule has 3 N–H and O–H groups in total. The predicted octanol–water partition coefficient (Wildman–Crippen LogP) is 2.26. The van der Waals surface area contributed by atoms with Gasteiger partial charge in [0.2, 0.25) is 0 Å². The highest BCUT2D eigenvalue weighted by atomic mass is 16.5. The van der Waals surface area contributed by atoms with Crippen LogP contribution in [0, 0.1) is 5.92 Å². The van der Waals surface area contributed by atoms with E-state index in [1.54, 1.807) is 7.11 Å². The average Bonchev–Trinajstić information content (AvgIpc) is 2.32. The molecule has 1 unspecified atom stereocenters. The number of hydrogen-bond donors (Lipinski definition) is 2. The first-order valence-electron chi connectivity index (χ1n) is 6.41. The van der Waals surface area contributed by atoms with Crippen LogP contribution in [-0.4, -0.2) is 13.2 Å². The molecule has 2 rings (SSSR count). The molecule has 0 aromatic heterocycles. The number of methoxy groups -OCH3 is 1. The summed E-state index contributed by atoms with van der Waals surface area (Å²) in [6.07, 6.45) is 6.30. The van der Waals surface area contributed by atoms with E-state index in [0.717, 1.165) is 18.1 Å². The Bertz CT molecular complexity index is 350. The topological polar surface area (TPSA) is 47.3 Å². The Hall–Kier alpha value is -1.06. The van der Waals surface area contributed by atoms with E-state index in [9.17, 15) is 0 Å². The maximum Gasteiger partial charge on any atom is 0.119 e. The van der Waals surface area contributed by atoms with Crippen LogP contribution in [-0.2, 0) is 6.42 Å². The van der Waals surface area contributed by atoms with Gasteiger partial charge in [0, 0.05) is 6.04 Å². The lowest BCUT2D eigenvalue weighted by atomic mass is 9.80. The first-order chi connectivity index (χ1) is 8.31. The van der Waals surface area contributed by atoms with Gasteiger partial charge in [-0.25, -0.2) is 0 Å². The van der Waals surface area contributed by atoms with Crippen molar-refractivity contribution >= 4 is 0 Å². The number of rotatable bonds is 6. The third-order valence-electron chi connectivity index (χ3n) is 3.69. The minimum atomic E-state index is 0.382.